The number of hydrogen-bond acceptors (Lipinski definition) is 3. The number of carbonyl (C=O) groups excluding carboxylic acids is 1. The van der Waals surface area contributed by atoms with Gasteiger partial charge < -0.3 is 10.2 Å². The Kier molecular flexibility index (Phi) is 6.54. The molecule has 4 nitrogen and oxygen atoms in total. The zero-order chi connectivity index (χ0) is 19.1. The van der Waals surface area contributed by atoms with Gasteiger partial charge in [-0.15, -0.1) is 0 Å². The van der Waals surface area contributed by atoms with Gasteiger partial charge in [-0.25, -0.2) is 8.78 Å². The summed E-state index contributed by atoms with van der Waals surface area (Å²) in [6.07, 6.45) is 2.83. The van der Waals surface area contributed by atoms with Crippen LogP contribution in [-0.2, 0) is 4.79 Å². The number of halogens is 2. The van der Waals surface area contributed by atoms with Crippen molar-refractivity contribution in [2.24, 2.45) is 0 Å². The van der Waals surface area contributed by atoms with Crippen molar-refractivity contribution >= 4 is 17.7 Å². The smallest absolute Gasteiger partial charge is 0.244 e. The first-order chi connectivity index (χ1) is 13.1. The third-order valence-corrected chi connectivity index (χ3v) is 4.61. The minimum absolute atomic E-state index is 0.225. The van der Waals surface area contributed by atoms with E-state index < -0.39 is 0 Å². The topological polar surface area (TPSA) is 35.6 Å². The van der Waals surface area contributed by atoms with E-state index in [1.807, 2.05) is 0 Å². The summed E-state index contributed by atoms with van der Waals surface area (Å²) in [5.41, 5.74) is 1.42. The number of benzene rings is 2. The SMILES string of the molecule is O=C(/C=C\c1ccccc1F)NCCN1CCN(c2ccc(F)cc2)CC1. The average Bonchev–Trinajstić information content (AvgIpc) is 2.69. The number of nitrogens with zero attached hydrogens (tertiary/aromatic N) is 2. The number of nitrogens with one attached hydrogen (secondary N) is 1. The van der Waals surface area contributed by atoms with Gasteiger partial charge in [0.25, 0.3) is 0 Å². The van der Waals surface area contributed by atoms with Crippen LogP contribution >= 0.6 is 0 Å². The average molecular weight is 371 g/mol. The van der Waals surface area contributed by atoms with E-state index in [4.69, 9.17) is 0 Å². The predicted molar refractivity (Wildman–Crippen MR) is 103 cm³/mol. The molecule has 0 bridgehead atoms. The summed E-state index contributed by atoms with van der Waals surface area (Å²) < 4.78 is 26.5. The van der Waals surface area contributed by atoms with Crippen molar-refractivity contribution < 1.29 is 13.6 Å². The largest absolute Gasteiger partial charge is 0.369 e. The van der Waals surface area contributed by atoms with E-state index in [2.05, 4.69) is 15.1 Å². The molecule has 27 heavy (non-hydrogen) atoms. The lowest BCUT2D eigenvalue weighted by molar-refractivity contribution is -0.116. The first kappa shape index (κ1) is 19.0. The van der Waals surface area contributed by atoms with Crippen LogP contribution in [0.25, 0.3) is 6.08 Å². The molecule has 6 heteroatoms. The number of anilines is 1. The van der Waals surface area contributed by atoms with E-state index in [0.717, 1.165) is 38.4 Å². The van der Waals surface area contributed by atoms with E-state index in [0.29, 0.717) is 12.1 Å². The van der Waals surface area contributed by atoms with Crippen LogP contribution in [0.15, 0.2) is 54.6 Å². The van der Waals surface area contributed by atoms with Crippen LogP contribution in [0.4, 0.5) is 14.5 Å². The van der Waals surface area contributed by atoms with Crippen molar-refractivity contribution in [1.82, 2.24) is 10.2 Å². The zero-order valence-electron chi connectivity index (χ0n) is 15.1. The summed E-state index contributed by atoms with van der Waals surface area (Å²) in [6.45, 7) is 4.81. The van der Waals surface area contributed by atoms with Gasteiger partial charge in [-0.3, -0.25) is 9.69 Å². The minimum Gasteiger partial charge on any atom is -0.369 e. The maximum atomic E-state index is 13.5. The molecule has 2 aromatic carbocycles. The van der Waals surface area contributed by atoms with Crippen LogP contribution in [0.1, 0.15) is 5.56 Å². The summed E-state index contributed by atoms with van der Waals surface area (Å²) in [4.78, 5) is 16.4. The van der Waals surface area contributed by atoms with E-state index in [-0.39, 0.29) is 17.5 Å². The Balaban J connectivity index is 1.37. The van der Waals surface area contributed by atoms with Crippen molar-refractivity contribution in [2.45, 2.75) is 0 Å². The van der Waals surface area contributed by atoms with Gasteiger partial charge in [0.1, 0.15) is 11.6 Å². The molecule has 1 aliphatic heterocycles. The van der Waals surface area contributed by atoms with Crippen LogP contribution in [0.5, 0.6) is 0 Å². The molecule has 0 atom stereocenters. The highest BCUT2D eigenvalue weighted by Crippen LogP contribution is 2.16. The normalized spacial score (nSPS) is 15.3. The molecule has 1 fully saturated rings. The molecule has 0 radical (unpaired) electrons. The second kappa shape index (κ2) is 9.28. The molecule has 0 aliphatic carbocycles. The van der Waals surface area contributed by atoms with Crippen LogP contribution < -0.4 is 10.2 Å². The van der Waals surface area contributed by atoms with Crippen LogP contribution in [0.2, 0.25) is 0 Å². The van der Waals surface area contributed by atoms with Crippen molar-refractivity contribution in [3.63, 3.8) is 0 Å². The maximum Gasteiger partial charge on any atom is 0.244 e. The molecule has 0 unspecified atom stereocenters. The van der Waals surface area contributed by atoms with Gasteiger partial charge in [0, 0.05) is 56.6 Å². The number of hydrogen-bond donors (Lipinski definition) is 1. The highest BCUT2D eigenvalue weighted by atomic mass is 19.1. The van der Waals surface area contributed by atoms with Crippen LogP contribution in [-0.4, -0.2) is 50.1 Å². The number of carbonyl (C=O) groups is 1. The molecule has 0 spiro atoms. The second-order valence-electron chi connectivity index (χ2n) is 6.45. The highest BCUT2D eigenvalue weighted by Gasteiger charge is 2.16. The van der Waals surface area contributed by atoms with Crippen molar-refractivity contribution in [3.05, 3.63) is 71.8 Å². The van der Waals surface area contributed by atoms with E-state index in [1.54, 1.807) is 30.3 Å². The number of amides is 1. The molecule has 2 aromatic rings. The lowest BCUT2D eigenvalue weighted by atomic mass is 10.2. The van der Waals surface area contributed by atoms with Gasteiger partial charge in [0.2, 0.25) is 5.91 Å². The molecule has 1 amide bonds. The maximum absolute atomic E-state index is 13.5. The monoisotopic (exact) mass is 371 g/mol. The summed E-state index contributed by atoms with van der Waals surface area (Å²) in [7, 11) is 0. The number of rotatable bonds is 6. The first-order valence-electron chi connectivity index (χ1n) is 9.05. The molecular weight excluding hydrogens is 348 g/mol. The molecular formula is C21H23F2N3O. The third-order valence-electron chi connectivity index (χ3n) is 4.61. The molecule has 3 rings (SSSR count). The minimum atomic E-state index is -0.347. The van der Waals surface area contributed by atoms with Gasteiger partial charge in [-0.1, -0.05) is 18.2 Å². The van der Waals surface area contributed by atoms with Crippen LogP contribution in [0, 0.1) is 11.6 Å². The molecule has 1 N–H and O–H groups in total. The van der Waals surface area contributed by atoms with Gasteiger partial charge in [-0.05, 0) is 36.4 Å². The van der Waals surface area contributed by atoms with Crippen molar-refractivity contribution in [3.8, 4) is 0 Å². The Hall–Kier alpha value is -2.73. The molecule has 1 heterocycles. The Labute approximate surface area is 158 Å². The first-order valence-corrected chi connectivity index (χ1v) is 9.05. The van der Waals surface area contributed by atoms with Gasteiger partial charge in [-0.2, -0.15) is 0 Å². The molecule has 1 aliphatic rings. The summed E-state index contributed by atoms with van der Waals surface area (Å²) in [5.74, 6) is -0.805. The van der Waals surface area contributed by atoms with E-state index in [9.17, 15) is 13.6 Å². The van der Waals surface area contributed by atoms with E-state index >= 15 is 0 Å². The second-order valence-corrected chi connectivity index (χ2v) is 6.45. The lowest BCUT2D eigenvalue weighted by Crippen LogP contribution is -2.48. The van der Waals surface area contributed by atoms with E-state index in [1.165, 1.54) is 30.4 Å². The Morgan fingerprint density at radius 3 is 2.41 bits per heavy atom. The van der Waals surface area contributed by atoms with Gasteiger partial charge >= 0.3 is 0 Å². The van der Waals surface area contributed by atoms with Crippen molar-refractivity contribution in [2.75, 3.05) is 44.2 Å². The lowest BCUT2D eigenvalue weighted by Gasteiger charge is -2.36. The molecule has 1 saturated heterocycles. The summed E-state index contributed by atoms with van der Waals surface area (Å²) in [5, 5.41) is 2.82. The fraction of sp³-hybridized carbons (Fsp3) is 0.286. The predicted octanol–water partition coefficient (Wildman–Crippen LogP) is 2.92. The van der Waals surface area contributed by atoms with Gasteiger partial charge in [0.15, 0.2) is 0 Å². The molecule has 142 valence electrons. The van der Waals surface area contributed by atoms with Crippen LogP contribution in [0.3, 0.4) is 0 Å². The standard InChI is InChI=1S/C21H23F2N3O/c22-18-6-8-19(9-7-18)26-15-13-25(14-16-26)12-11-24-21(27)10-5-17-3-1-2-4-20(17)23/h1-10H,11-16H2,(H,24,27)/b10-5-. The summed E-state index contributed by atoms with van der Waals surface area (Å²) >= 11 is 0. The Bertz CT molecular complexity index is 784. The fourth-order valence-electron chi connectivity index (χ4n) is 3.05. The highest BCUT2D eigenvalue weighted by molar-refractivity contribution is 5.91. The van der Waals surface area contributed by atoms with Crippen molar-refractivity contribution in [1.29, 1.82) is 0 Å². The molecule has 0 aromatic heterocycles. The summed E-state index contributed by atoms with van der Waals surface area (Å²) in [6, 6.07) is 12.9. The Morgan fingerprint density at radius 1 is 1.00 bits per heavy atom. The zero-order valence-corrected chi connectivity index (χ0v) is 15.1. The number of piperazine rings is 1. The fourth-order valence-corrected chi connectivity index (χ4v) is 3.05. The Morgan fingerprint density at radius 2 is 1.70 bits per heavy atom. The quantitative estimate of drug-likeness (QED) is 0.793. The van der Waals surface area contributed by atoms with Gasteiger partial charge in [0.05, 0.1) is 0 Å². The third kappa shape index (κ3) is 5.62. The molecule has 0 saturated carbocycles.